The Balaban J connectivity index is 1.63. The van der Waals surface area contributed by atoms with Gasteiger partial charge in [-0.25, -0.2) is 9.97 Å². The highest BCUT2D eigenvalue weighted by Crippen LogP contribution is 2.21. The minimum absolute atomic E-state index is 0.0207. The van der Waals surface area contributed by atoms with Gasteiger partial charge in [-0.3, -0.25) is 19.0 Å². The number of hydrogen-bond acceptors (Lipinski definition) is 9. The number of methoxy groups -OCH3 is 1. The van der Waals surface area contributed by atoms with Gasteiger partial charge in [-0.05, 0) is 30.3 Å². The molecular formula is C22H21N5O5S2. The zero-order valence-electron chi connectivity index (χ0n) is 18.1. The molecule has 2 amide bonds. The minimum atomic E-state index is -0.296. The molecule has 0 aliphatic heterocycles. The molecule has 0 saturated carbocycles. The highest BCUT2D eigenvalue weighted by Gasteiger charge is 2.17. The third-order valence-electron chi connectivity index (χ3n) is 4.68. The molecule has 0 radical (unpaired) electrons. The molecule has 0 atom stereocenters. The number of nitrogens with one attached hydrogen (secondary N) is 2. The van der Waals surface area contributed by atoms with E-state index in [2.05, 4.69) is 20.6 Å². The molecule has 10 nitrogen and oxygen atoms in total. The zero-order valence-corrected chi connectivity index (χ0v) is 19.8. The number of furan rings is 1. The first kappa shape index (κ1) is 23.7. The molecule has 3 heterocycles. The van der Waals surface area contributed by atoms with Gasteiger partial charge in [0.15, 0.2) is 10.3 Å². The fourth-order valence-electron chi connectivity index (χ4n) is 3.09. The maximum Gasteiger partial charge on any atom is 0.262 e. The molecule has 0 aliphatic rings. The summed E-state index contributed by atoms with van der Waals surface area (Å²) in [6, 6.07) is 8.22. The van der Waals surface area contributed by atoms with Crippen LogP contribution in [0.2, 0.25) is 0 Å². The van der Waals surface area contributed by atoms with E-state index in [4.69, 9.17) is 9.15 Å². The van der Waals surface area contributed by atoms with Gasteiger partial charge in [0.2, 0.25) is 5.91 Å². The van der Waals surface area contributed by atoms with Crippen molar-refractivity contribution in [2.24, 2.45) is 0 Å². The predicted molar refractivity (Wildman–Crippen MR) is 129 cm³/mol. The van der Waals surface area contributed by atoms with Crippen molar-refractivity contribution in [3.63, 3.8) is 0 Å². The number of ether oxygens (including phenoxy) is 1. The monoisotopic (exact) mass is 499 g/mol. The molecular weight excluding hydrogens is 478 g/mol. The molecule has 4 aromatic rings. The van der Waals surface area contributed by atoms with Gasteiger partial charge in [0.1, 0.15) is 5.76 Å². The summed E-state index contributed by atoms with van der Waals surface area (Å²) in [5.41, 5.74) is 0.440. The zero-order chi connectivity index (χ0) is 23.9. The summed E-state index contributed by atoms with van der Waals surface area (Å²) in [5.74, 6) is 0.0292. The van der Waals surface area contributed by atoms with Crippen LogP contribution in [0.15, 0.2) is 62.5 Å². The van der Waals surface area contributed by atoms with E-state index in [-0.39, 0.29) is 29.7 Å². The molecule has 176 valence electrons. The molecule has 34 heavy (non-hydrogen) atoms. The van der Waals surface area contributed by atoms with Crippen molar-refractivity contribution in [1.29, 1.82) is 0 Å². The van der Waals surface area contributed by atoms with Crippen molar-refractivity contribution in [2.45, 2.75) is 11.7 Å². The molecule has 4 rings (SSSR count). The molecule has 0 aliphatic carbocycles. The fraction of sp³-hybridized carbons (Fsp3) is 0.227. The topological polar surface area (TPSA) is 128 Å². The van der Waals surface area contributed by atoms with Crippen LogP contribution >= 0.6 is 23.1 Å². The minimum Gasteiger partial charge on any atom is -0.467 e. The van der Waals surface area contributed by atoms with Crippen molar-refractivity contribution in [2.75, 3.05) is 31.3 Å². The first-order valence-corrected chi connectivity index (χ1v) is 12.1. The average Bonchev–Trinajstić information content (AvgIpc) is 3.54. The lowest BCUT2D eigenvalue weighted by atomic mass is 10.1. The summed E-state index contributed by atoms with van der Waals surface area (Å²) in [6.45, 7) is 0.907. The Labute approximate surface area is 202 Å². The van der Waals surface area contributed by atoms with E-state index >= 15 is 0 Å². The van der Waals surface area contributed by atoms with Crippen LogP contribution in [0.4, 0.5) is 5.13 Å². The van der Waals surface area contributed by atoms with E-state index in [0.29, 0.717) is 45.7 Å². The first-order chi connectivity index (χ1) is 16.5. The van der Waals surface area contributed by atoms with Crippen LogP contribution in [0.5, 0.6) is 0 Å². The molecule has 1 aromatic carbocycles. The van der Waals surface area contributed by atoms with E-state index in [1.807, 2.05) is 0 Å². The number of thiazole rings is 1. The third kappa shape index (κ3) is 5.71. The number of thioether (sulfide) groups is 1. The van der Waals surface area contributed by atoms with Crippen LogP contribution < -0.4 is 16.2 Å². The van der Waals surface area contributed by atoms with Crippen LogP contribution in [0.25, 0.3) is 10.9 Å². The summed E-state index contributed by atoms with van der Waals surface area (Å²) in [5, 5.41) is 8.40. The number of fused-ring (bicyclic) bond motifs is 1. The number of hydrogen-bond donors (Lipinski definition) is 2. The fourth-order valence-corrected chi connectivity index (χ4v) is 4.43. The van der Waals surface area contributed by atoms with Gasteiger partial charge < -0.3 is 19.8 Å². The van der Waals surface area contributed by atoms with Crippen LogP contribution in [0, 0.1) is 0 Å². The number of carbonyl (C=O) groups excluding carboxylic acids is 2. The summed E-state index contributed by atoms with van der Waals surface area (Å²) >= 11 is 2.43. The van der Waals surface area contributed by atoms with E-state index in [1.54, 1.807) is 49.0 Å². The standard InChI is InChI=1S/C22H21N5O5S2/c1-31-9-6-23-19(29)14-4-5-16-17(11-14)25-22(27(20(16)30)12-15-3-2-8-32-15)34-13-18(28)26-21-24-7-10-33-21/h2-5,7-8,10-11H,6,9,12-13H2,1H3,(H,23,29)(H,24,26,28). The van der Waals surface area contributed by atoms with Gasteiger partial charge in [-0.1, -0.05) is 11.8 Å². The summed E-state index contributed by atoms with van der Waals surface area (Å²) < 4.78 is 11.8. The Bertz CT molecular complexity index is 1340. The SMILES string of the molecule is COCCNC(=O)c1ccc2c(=O)n(Cc3ccco3)c(SCC(=O)Nc3nccs3)nc2c1. The molecule has 0 fully saturated rings. The Kier molecular flexibility index (Phi) is 7.72. The van der Waals surface area contributed by atoms with Gasteiger partial charge in [0, 0.05) is 30.8 Å². The van der Waals surface area contributed by atoms with E-state index in [0.717, 1.165) is 11.8 Å². The second-order valence-electron chi connectivity index (χ2n) is 7.02. The first-order valence-electron chi connectivity index (χ1n) is 10.2. The Morgan fingerprint density at radius 1 is 1.29 bits per heavy atom. The van der Waals surface area contributed by atoms with Gasteiger partial charge in [-0.15, -0.1) is 11.3 Å². The Morgan fingerprint density at radius 3 is 2.91 bits per heavy atom. The van der Waals surface area contributed by atoms with Crippen molar-refractivity contribution in [1.82, 2.24) is 19.9 Å². The summed E-state index contributed by atoms with van der Waals surface area (Å²) in [7, 11) is 1.55. The number of aromatic nitrogens is 3. The number of benzene rings is 1. The summed E-state index contributed by atoms with van der Waals surface area (Å²) in [4.78, 5) is 46.7. The maximum atomic E-state index is 13.3. The highest BCUT2D eigenvalue weighted by molar-refractivity contribution is 7.99. The van der Waals surface area contributed by atoms with Crippen molar-refractivity contribution in [3.8, 4) is 0 Å². The number of anilines is 1. The number of amides is 2. The third-order valence-corrected chi connectivity index (χ3v) is 6.34. The molecule has 0 saturated heterocycles. The second kappa shape index (κ2) is 11.1. The number of rotatable bonds is 10. The number of nitrogens with zero attached hydrogens (tertiary/aromatic N) is 3. The van der Waals surface area contributed by atoms with Crippen LogP contribution in [-0.4, -0.2) is 52.4 Å². The van der Waals surface area contributed by atoms with Gasteiger partial charge in [0.05, 0.1) is 36.1 Å². The predicted octanol–water partition coefficient (Wildman–Crippen LogP) is 2.60. The normalized spacial score (nSPS) is 11.0. The molecule has 0 bridgehead atoms. The van der Waals surface area contributed by atoms with Gasteiger partial charge in [0.25, 0.3) is 11.5 Å². The Morgan fingerprint density at radius 2 is 2.18 bits per heavy atom. The molecule has 3 aromatic heterocycles. The van der Waals surface area contributed by atoms with E-state index in [9.17, 15) is 14.4 Å². The molecule has 12 heteroatoms. The quantitative estimate of drug-likeness (QED) is 0.194. The molecule has 0 unspecified atom stereocenters. The highest BCUT2D eigenvalue weighted by atomic mass is 32.2. The number of carbonyl (C=O) groups is 2. The van der Waals surface area contributed by atoms with Crippen molar-refractivity contribution >= 4 is 50.9 Å². The van der Waals surface area contributed by atoms with Crippen LogP contribution in [0.3, 0.4) is 0 Å². The van der Waals surface area contributed by atoms with E-state index < -0.39 is 0 Å². The molecule has 0 spiro atoms. The smallest absolute Gasteiger partial charge is 0.262 e. The van der Waals surface area contributed by atoms with Gasteiger partial charge in [-0.2, -0.15) is 0 Å². The second-order valence-corrected chi connectivity index (χ2v) is 8.86. The van der Waals surface area contributed by atoms with E-state index in [1.165, 1.54) is 22.2 Å². The van der Waals surface area contributed by atoms with Crippen molar-refractivity contribution in [3.05, 3.63) is 69.8 Å². The lowest BCUT2D eigenvalue weighted by molar-refractivity contribution is -0.113. The van der Waals surface area contributed by atoms with Gasteiger partial charge >= 0.3 is 0 Å². The van der Waals surface area contributed by atoms with Crippen LogP contribution in [-0.2, 0) is 16.1 Å². The van der Waals surface area contributed by atoms with Crippen LogP contribution in [0.1, 0.15) is 16.1 Å². The molecule has 2 N–H and O–H groups in total. The lowest BCUT2D eigenvalue weighted by Gasteiger charge is -2.13. The van der Waals surface area contributed by atoms with Crippen molar-refractivity contribution < 1.29 is 18.7 Å². The average molecular weight is 500 g/mol. The largest absolute Gasteiger partial charge is 0.467 e. The maximum absolute atomic E-state index is 13.3. The summed E-state index contributed by atoms with van der Waals surface area (Å²) in [6.07, 6.45) is 3.12. The lowest BCUT2D eigenvalue weighted by Crippen LogP contribution is -2.27. The Hall–Kier alpha value is -3.48.